The van der Waals surface area contributed by atoms with E-state index >= 15 is 0 Å². The van der Waals surface area contributed by atoms with Crippen LogP contribution in [-0.2, 0) is 22.8 Å². The Morgan fingerprint density at radius 2 is 1.62 bits per heavy atom. The van der Waals surface area contributed by atoms with Crippen molar-refractivity contribution in [1.82, 2.24) is 9.21 Å². The van der Waals surface area contributed by atoms with Crippen LogP contribution in [-0.4, -0.2) is 54.8 Å². The minimum absolute atomic E-state index is 0.0148. The number of halogens is 3. The van der Waals surface area contributed by atoms with E-state index in [4.69, 9.17) is 5.11 Å². The van der Waals surface area contributed by atoms with Gasteiger partial charge in [-0.25, -0.2) is 8.42 Å². The Hall–Kier alpha value is -2.43. The predicted molar refractivity (Wildman–Crippen MR) is 98.5 cm³/mol. The van der Waals surface area contributed by atoms with Gasteiger partial charge in [0.2, 0.25) is 10.0 Å². The molecular weight excluding hydrogens is 409 g/mol. The lowest BCUT2D eigenvalue weighted by Gasteiger charge is -2.34. The van der Waals surface area contributed by atoms with Gasteiger partial charge in [-0.3, -0.25) is 4.79 Å². The van der Waals surface area contributed by atoms with E-state index in [1.807, 2.05) is 0 Å². The average Bonchev–Trinajstić information content (AvgIpc) is 2.73. The molecule has 1 saturated heterocycles. The number of alkyl halides is 3. The van der Waals surface area contributed by atoms with Crippen LogP contribution in [0.4, 0.5) is 13.2 Å². The second-order valence-corrected chi connectivity index (χ2v) is 8.51. The van der Waals surface area contributed by atoms with E-state index in [1.165, 1.54) is 4.90 Å². The van der Waals surface area contributed by atoms with E-state index in [2.05, 4.69) is 0 Å². The summed E-state index contributed by atoms with van der Waals surface area (Å²) in [5.41, 5.74) is 0.0497. The molecule has 0 aliphatic carbocycles. The molecular formula is C19H19F3N2O4S. The lowest BCUT2D eigenvalue weighted by Crippen LogP contribution is -2.50. The smallest absolute Gasteiger partial charge is 0.392 e. The molecule has 1 amide bonds. The first kappa shape index (κ1) is 21.3. The molecule has 156 valence electrons. The topological polar surface area (TPSA) is 77.9 Å². The zero-order chi connectivity index (χ0) is 21.2. The van der Waals surface area contributed by atoms with E-state index in [9.17, 15) is 26.4 Å². The molecule has 6 nitrogen and oxygen atoms in total. The summed E-state index contributed by atoms with van der Waals surface area (Å²) < 4.78 is 65.2. The van der Waals surface area contributed by atoms with Crippen LogP contribution in [0.25, 0.3) is 0 Å². The monoisotopic (exact) mass is 428 g/mol. The molecule has 0 unspecified atom stereocenters. The summed E-state index contributed by atoms with van der Waals surface area (Å²) in [6.07, 6.45) is -4.64. The first-order chi connectivity index (χ1) is 13.6. The van der Waals surface area contributed by atoms with Gasteiger partial charge in [-0.2, -0.15) is 17.5 Å². The first-order valence-corrected chi connectivity index (χ1v) is 10.2. The fraction of sp³-hybridized carbons (Fsp3) is 0.316. The van der Waals surface area contributed by atoms with Crippen LogP contribution in [0.3, 0.4) is 0 Å². The Morgan fingerprint density at radius 1 is 1.00 bits per heavy atom. The number of nitrogens with zero attached hydrogens (tertiary/aromatic N) is 2. The van der Waals surface area contributed by atoms with E-state index in [-0.39, 0.29) is 38.7 Å². The molecule has 1 fully saturated rings. The lowest BCUT2D eigenvalue weighted by atomic mass is 10.1. The van der Waals surface area contributed by atoms with Crippen molar-refractivity contribution in [2.24, 2.45) is 0 Å². The van der Waals surface area contributed by atoms with Crippen molar-refractivity contribution < 1.29 is 31.5 Å². The summed E-state index contributed by atoms with van der Waals surface area (Å²) in [5, 5.41) is 9.06. The van der Waals surface area contributed by atoms with Gasteiger partial charge < -0.3 is 10.0 Å². The van der Waals surface area contributed by atoms with Crippen molar-refractivity contribution in [3.8, 4) is 0 Å². The Labute approximate surface area is 166 Å². The number of aliphatic hydroxyl groups is 1. The molecule has 1 aliphatic rings. The number of hydrogen-bond donors (Lipinski definition) is 1. The van der Waals surface area contributed by atoms with Gasteiger partial charge in [0.05, 0.1) is 17.1 Å². The van der Waals surface area contributed by atoms with Crippen LogP contribution >= 0.6 is 0 Å². The summed E-state index contributed by atoms with van der Waals surface area (Å²) in [4.78, 5) is 13.6. The number of aliphatic hydroxyl groups excluding tert-OH is 1. The van der Waals surface area contributed by atoms with Gasteiger partial charge in [-0.05, 0) is 35.9 Å². The molecule has 2 aromatic carbocycles. The highest BCUT2D eigenvalue weighted by Crippen LogP contribution is 2.31. The van der Waals surface area contributed by atoms with E-state index in [1.54, 1.807) is 24.3 Å². The van der Waals surface area contributed by atoms with Crippen molar-refractivity contribution in [3.05, 3.63) is 65.2 Å². The standard InChI is InChI=1S/C19H19F3N2O4S/c20-19(21,22)16-2-1-3-17(12-16)29(27,28)24-10-8-23(9-11-24)18(26)15-6-4-14(13-25)5-7-15/h1-7,12,25H,8-11,13H2. The molecule has 1 heterocycles. The SMILES string of the molecule is O=C(c1ccc(CO)cc1)N1CCN(S(=O)(=O)c2cccc(C(F)(F)F)c2)CC1. The van der Waals surface area contributed by atoms with Gasteiger partial charge in [-0.15, -0.1) is 0 Å². The van der Waals surface area contributed by atoms with E-state index < -0.39 is 26.7 Å². The largest absolute Gasteiger partial charge is 0.416 e. The maximum atomic E-state index is 12.9. The quantitative estimate of drug-likeness (QED) is 0.811. The zero-order valence-electron chi connectivity index (χ0n) is 15.3. The number of amides is 1. The molecule has 1 aliphatic heterocycles. The normalized spacial score (nSPS) is 16.1. The van der Waals surface area contributed by atoms with E-state index in [0.717, 1.165) is 22.5 Å². The molecule has 3 rings (SSSR count). The van der Waals surface area contributed by atoms with Gasteiger partial charge in [-0.1, -0.05) is 18.2 Å². The van der Waals surface area contributed by atoms with Crippen LogP contribution in [0, 0.1) is 0 Å². The lowest BCUT2D eigenvalue weighted by molar-refractivity contribution is -0.137. The molecule has 0 aromatic heterocycles. The Balaban J connectivity index is 1.70. The summed E-state index contributed by atoms with van der Waals surface area (Å²) >= 11 is 0. The summed E-state index contributed by atoms with van der Waals surface area (Å²) in [7, 11) is -4.10. The Kier molecular flexibility index (Phi) is 5.97. The highest BCUT2D eigenvalue weighted by Gasteiger charge is 2.34. The van der Waals surface area contributed by atoms with Gasteiger partial charge in [0.1, 0.15) is 0 Å². The molecule has 10 heteroatoms. The van der Waals surface area contributed by atoms with Gasteiger partial charge in [0.25, 0.3) is 5.91 Å². The van der Waals surface area contributed by atoms with Crippen LogP contribution in [0.1, 0.15) is 21.5 Å². The summed E-state index contributed by atoms with van der Waals surface area (Å²) in [6, 6.07) is 10.0. The van der Waals surface area contributed by atoms with Crippen molar-refractivity contribution in [2.75, 3.05) is 26.2 Å². The fourth-order valence-corrected chi connectivity index (χ4v) is 4.52. The number of sulfonamides is 1. The molecule has 0 bridgehead atoms. The van der Waals surface area contributed by atoms with Crippen LogP contribution in [0.5, 0.6) is 0 Å². The van der Waals surface area contributed by atoms with Gasteiger partial charge >= 0.3 is 6.18 Å². The van der Waals surface area contributed by atoms with Crippen molar-refractivity contribution in [1.29, 1.82) is 0 Å². The minimum atomic E-state index is -4.64. The van der Waals surface area contributed by atoms with Crippen LogP contribution < -0.4 is 0 Å². The molecule has 0 atom stereocenters. The molecule has 0 spiro atoms. The number of rotatable bonds is 4. The minimum Gasteiger partial charge on any atom is -0.392 e. The second kappa shape index (κ2) is 8.13. The second-order valence-electron chi connectivity index (χ2n) is 6.58. The van der Waals surface area contributed by atoms with Crippen molar-refractivity contribution in [2.45, 2.75) is 17.7 Å². The molecule has 1 N–H and O–H groups in total. The maximum Gasteiger partial charge on any atom is 0.416 e. The Morgan fingerprint density at radius 3 is 2.17 bits per heavy atom. The van der Waals surface area contributed by atoms with Crippen LogP contribution in [0.2, 0.25) is 0 Å². The maximum absolute atomic E-state index is 12.9. The summed E-state index contributed by atoms with van der Waals surface area (Å²) in [5.74, 6) is -0.273. The van der Waals surface area contributed by atoms with E-state index in [0.29, 0.717) is 17.2 Å². The molecule has 0 radical (unpaired) electrons. The predicted octanol–water partition coefficient (Wildman–Crippen LogP) is 2.34. The highest BCUT2D eigenvalue weighted by atomic mass is 32.2. The number of hydrogen-bond acceptors (Lipinski definition) is 4. The third-order valence-electron chi connectivity index (χ3n) is 4.71. The molecule has 29 heavy (non-hydrogen) atoms. The number of carbonyl (C=O) groups is 1. The number of carbonyl (C=O) groups excluding carboxylic acids is 1. The first-order valence-electron chi connectivity index (χ1n) is 8.79. The third kappa shape index (κ3) is 4.60. The highest BCUT2D eigenvalue weighted by molar-refractivity contribution is 7.89. The van der Waals surface area contributed by atoms with Gasteiger partial charge in [0, 0.05) is 31.7 Å². The average molecular weight is 428 g/mol. The van der Waals surface area contributed by atoms with Crippen LogP contribution in [0.15, 0.2) is 53.4 Å². The summed E-state index contributed by atoms with van der Waals surface area (Å²) in [6.45, 7) is 0.0795. The molecule has 0 saturated carbocycles. The third-order valence-corrected chi connectivity index (χ3v) is 6.60. The van der Waals surface area contributed by atoms with Crippen molar-refractivity contribution >= 4 is 15.9 Å². The number of piperazine rings is 1. The van der Waals surface area contributed by atoms with Gasteiger partial charge in [0.15, 0.2) is 0 Å². The fourth-order valence-electron chi connectivity index (χ4n) is 3.05. The zero-order valence-corrected chi connectivity index (χ0v) is 16.1. The number of benzene rings is 2. The molecule has 2 aromatic rings. The van der Waals surface area contributed by atoms with Crippen molar-refractivity contribution in [3.63, 3.8) is 0 Å². The Bertz CT molecular complexity index is 983.